The number of amides is 1. The SMILES string of the molecule is O=C(CI)NCCCc1cn([C@@H]2CC(O)[C@H](CO)O2)c(=O)[nH]c1=O. The second-order valence-corrected chi connectivity index (χ2v) is 6.29. The van der Waals surface area contributed by atoms with Gasteiger partial charge in [-0.05, 0) is 12.8 Å². The number of aryl methyl sites for hydroxylation is 1. The smallest absolute Gasteiger partial charge is 0.330 e. The average molecular weight is 453 g/mol. The summed E-state index contributed by atoms with van der Waals surface area (Å²) >= 11 is 1.96. The minimum absolute atomic E-state index is 0.0714. The highest BCUT2D eigenvalue weighted by Gasteiger charge is 2.35. The van der Waals surface area contributed by atoms with Crippen molar-refractivity contribution in [3.05, 3.63) is 32.6 Å². The number of H-pyrrole nitrogens is 1. The molecule has 24 heavy (non-hydrogen) atoms. The molecule has 1 amide bonds. The first-order chi connectivity index (χ1) is 11.5. The normalized spacial score (nSPS) is 23.4. The largest absolute Gasteiger partial charge is 0.394 e. The third kappa shape index (κ3) is 4.65. The molecule has 0 spiro atoms. The number of hydrogen-bond acceptors (Lipinski definition) is 6. The van der Waals surface area contributed by atoms with E-state index in [-0.39, 0.29) is 18.9 Å². The summed E-state index contributed by atoms with van der Waals surface area (Å²) in [6, 6.07) is 0. The summed E-state index contributed by atoms with van der Waals surface area (Å²) in [7, 11) is 0. The number of carbonyl (C=O) groups excluding carboxylic acids is 1. The fraction of sp³-hybridized carbons (Fsp3) is 0.643. The zero-order chi connectivity index (χ0) is 17.7. The zero-order valence-electron chi connectivity index (χ0n) is 12.9. The predicted molar refractivity (Wildman–Crippen MR) is 93.2 cm³/mol. The Morgan fingerprint density at radius 1 is 1.50 bits per heavy atom. The van der Waals surface area contributed by atoms with E-state index in [0.717, 1.165) is 0 Å². The number of aliphatic hydroxyl groups excluding tert-OH is 2. The van der Waals surface area contributed by atoms with Crippen LogP contribution in [0.25, 0.3) is 0 Å². The number of nitrogens with zero attached hydrogens (tertiary/aromatic N) is 1. The second kappa shape index (κ2) is 8.74. The molecule has 4 N–H and O–H groups in total. The lowest BCUT2D eigenvalue weighted by Crippen LogP contribution is -2.34. The van der Waals surface area contributed by atoms with Crippen LogP contribution in [0.15, 0.2) is 15.8 Å². The standard InChI is InChI=1S/C14H20IN3O6/c15-5-11(21)16-3-1-2-8-6-18(14(23)17-13(8)22)12-4-9(20)10(7-19)24-12/h6,9-10,12,19-20H,1-5,7H2,(H,16,21)(H,17,22,23)/t9?,10-,12-/m0/s1. The molecule has 3 atom stereocenters. The number of aromatic nitrogens is 2. The topological polar surface area (TPSA) is 134 Å². The molecule has 10 heteroatoms. The Bertz CT molecular complexity index is 688. The van der Waals surface area contributed by atoms with Crippen LogP contribution in [-0.2, 0) is 16.0 Å². The van der Waals surface area contributed by atoms with E-state index < -0.39 is 29.7 Å². The summed E-state index contributed by atoms with van der Waals surface area (Å²) in [5.74, 6) is -0.0714. The number of hydrogen-bond donors (Lipinski definition) is 4. The first-order valence-corrected chi connectivity index (χ1v) is 9.10. The van der Waals surface area contributed by atoms with Gasteiger partial charge in [-0.25, -0.2) is 4.79 Å². The molecule has 9 nitrogen and oxygen atoms in total. The quantitative estimate of drug-likeness (QED) is 0.230. The van der Waals surface area contributed by atoms with Crippen molar-refractivity contribution in [2.45, 2.75) is 37.7 Å². The van der Waals surface area contributed by atoms with Gasteiger partial charge in [0.05, 0.1) is 17.1 Å². The highest BCUT2D eigenvalue weighted by Crippen LogP contribution is 2.27. The Hall–Kier alpha value is -1.24. The van der Waals surface area contributed by atoms with Gasteiger partial charge in [-0.1, -0.05) is 22.6 Å². The molecule has 1 fully saturated rings. The van der Waals surface area contributed by atoms with Crippen molar-refractivity contribution in [1.82, 2.24) is 14.9 Å². The second-order valence-electron chi connectivity index (χ2n) is 5.52. The van der Waals surface area contributed by atoms with Crippen LogP contribution in [0.5, 0.6) is 0 Å². The zero-order valence-corrected chi connectivity index (χ0v) is 15.1. The highest BCUT2D eigenvalue weighted by molar-refractivity contribution is 14.1. The van der Waals surface area contributed by atoms with Gasteiger partial charge in [-0.2, -0.15) is 0 Å². The fourth-order valence-corrected chi connectivity index (χ4v) is 2.79. The van der Waals surface area contributed by atoms with Gasteiger partial charge in [-0.3, -0.25) is 19.1 Å². The molecule has 1 aromatic rings. The Kier molecular flexibility index (Phi) is 6.95. The van der Waals surface area contributed by atoms with E-state index in [0.29, 0.717) is 29.4 Å². The minimum Gasteiger partial charge on any atom is -0.394 e. The van der Waals surface area contributed by atoms with Crippen LogP contribution in [0, 0.1) is 0 Å². The van der Waals surface area contributed by atoms with Crippen molar-refractivity contribution < 1.29 is 19.7 Å². The van der Waals surface area contributed by atoms with Crippen LogP contribution in [-0.4, -0.2) is 55.5 Å². The van der Waals surface area contributed by atoms with Gasteiger partial charge in [0.2, 0.25) is 5.91 Å². The summed E-state index contributed by atoms with van der Waals surface area (Å²) in [4.78, 5) is 37.2. The summed E-state index contributed by atoms with van der Waals surface area (Å²) in [6.07, 6.45) is 0.152. The molecule has 1 aliphatic rings. The molecule has 0 aromatic carbocycles. The average Bonchev–Trinajstić information content (AvgIpc) is 2.93. The summed E-state index contributed by atoms with van der Waals surface area (Å²) in [5, 5.41) is 21.6. The molecule has 0 bridgehead atoms. The van der Waals surface area contributed by atoms with Gasteiger partial charge in [0.15, 0.2) is 0 Å². The number of ether oxygens (including phenoxy) is 1. The molecule has 134 valence electrons. The van der Waals surface area contributed by atoms with Crippen molar-refractivity contribution in [3.8, 4) is 0 Å². The molecule has 0 saturated carbocycles. The molecule has 1 aromatic heterocycles. The Morgan fingerprint density at radius 3 is 2.88 bits per heavy atom. The van der Waals surface area contributed by atoms with Gasteiger partial charge in [0.1, 0.15) is 12.3 Å². The molecule has 1 saturated heterocycles. The monoisotopic (exact) mass is 453 g/mol. The summed E-state index contributed by atoms with van der Waals surface area (Å²) < 4.78 is 7.03. The minimum atomic E-state index is -0.870. The van der Waals surface area contributed by atoms with E-state index in [9.17, 15) is 19.5 Å². The first-order valence-electron chi connectivity index (χ1n) is 7.57. The van der Waals surface area contributed by atoms with Gasteiger partial charge in [0, 0.05) is 24.7 Å². The van der Waals surface area contributed by atoms with Gasteiger partial charge >= 0.3 is 5.69 Å². The third-order valence-corrected chi connectivity index (χ3v) is 4.50. The van der Waals surface area contributed by atoms with Crippen LogP contribution in [0.3, 0.4) is 0 Å². The fourth-order valence-electron chi connectivity index (χ4n) is 2.52. The molecule has 2 heterocycles. The van der Waals surface area contributed by atoms with Crippen LogP contribution >= 0.6 is 22.6 Å². The highest BCUT2D eigenvalue weighted by atomic mass is 127. The molecule has 2 rings (SSSR count). The number of rotatable bonds is 7. The maximum atomic E-state index is 12.0. The lowest BCUT2D eigenvalue weighted by molar-refractivity contribution is -0.118. The summed E-state index contributed by atoms with van der Waals surface area (Å²) in [5.41, 5.74) is -0.713. The van der Waals surface area contributed by atoms with Crippen LogP contribution in [0.4, 0.5) is 0 Å². The van der Waals surface area contributed by atoms with E-state index in [1.165, 1.54) is 10.8 Å². The molecular formula is C14H20IN3O6. The number of carbonyl (C=O) groups is 1. The first kappa shape index (κ1) is 19.1. The van der Waals surface area contributed by atoms with E-state index in [4.69, 9.17) is 9.84 Å². The van der Waals surface area contributed by atoms with Crippen LogP contribution in [0.2, 0.25) is 0 Å². The number of aliphatic hydroxyl groups is 2. The molecular weight excluding hydrogens is 433 g/mol. The van der Waals surface area contributed by atoms with E-state index in [1.54, 1.807) is 0 Å². The molecule has 0 aliphatic carbocycles. The lowest BCUT2D eigenvalue weighted by atomic mass is 10.1. The van der Waals surface area contributed by atoms with E-state index >= 15 is 0 Å². The number of nitrogens with one attached hydrogen (secondary N) is 2. The van der Waals surface area contributed by atoms with Gasteiger partial charge in [-0.15, -0.1) is 0 Å². The van der Waals surface area contributed by atoms with E-state index in [1.807, 2.05) is 22.6 Å². The number of halogens is 1. The van der Waals surface area contributed by atoms with Crippen molar-refractivity contribution in [2.24, 2.45) is 0 Å². The van der Waals surface area contributed by atoms with Crippen LogP contribution in [0.1, 0.15) is 24.6 Å². The molecule has 0 radical (unpaired) electrons. The lowest BCUT2D eigenvalue weighted by Gasteiger charge is -2.15. The Balaban J connectivity index is 2.07. The summed E-state index contributed by atoms with van der Waals surface area (Å²) in [6.45, 7) is 0.0881. The third-order valence-electron chi connectivity index (χ3n) is 3.80. The van der Waals surface area contributed by atoms with Crippen LogP contribution < -0.4 is 16.6 Å². The van der Waals surface area contributed by atoms with Crippen molar-refractivity contribution in [3.63, 3.8) is 0 Å². The maximum Gasteiger partial charge on any atom is 0.330 e. The Morgan fingerprint density at radius 2 is 2.25 bits per heavy atom. The van der Waals surface area contributed by atoms with Gasteiger partial charge < -0.3 is 20.3 Å². The predicted octanol–water partition coefficient (Wildman–Crippen LogP) is -1.34. The van der Waals surface area contributed by atoms with E-state index in [2.05, 4.69) is 10.3 Å². The molecule has 1 unspecified atom stereocenters. The maximum absolute atomic E-state index is 12.0. The van der Waals surface area contributed by atoms with Gasteiger partial charge in [0.25, 0.3) is 5.56 Å². The van der Waals surface area contributed by atoms with Crippen molar-refractivity contribution >= 4 is 28.5 Å². The number of alkyl halides is 1. The number of aromatic amines is 1. The Labute approximate surface area is 151 Å². The van der Waals surface area contributed by atoms with Crippen molar-refractivity contribution in [2.75, 3.05) is 17.6 Å². The van der Waals surface area contributed by atoms with Crippen molar-refractivity contribution in [1.29, 1.82) is 0 Å². The molecule has 1 aliphatic heterocycles.